The molecule has 0 radical (unpaired) electrons. The van der Waals surface area contributed by atoms with Gasteiger partial charge in [-0.05, 0) is 41.8 Å². The van der Waals surface area contributed by atoms with E-state index in [4.69, 9.17) is 11.6 Å². The quantitative estimate of drug-likeness (QED) is 0.673. The number of aromatic nitrogens is 1. The van der Waals surface area contributed by atoms with E-state index in [9.17, 15) is 14.4 Å². The Hall–Kier alpha value is -3.12. The number of hydrazine groups is 1. The van der Waals surface area contributed by atoms with E-state index in [1.807, 2.05) is 12.1 Å². The molecule has 0 fully saturated rings. The predicted molar refractivity (Wildman–Crippen MR) is 104 cm³/mol. The maximum Gasteiger partial charge on any atom is 0.297 e. The molecule has 0 atom stereocenters. The van der Waals surface area contributed by atoms with Crippen molar-refractivity contribution in [1.29, 1.82) is 0 Å². The Labute approximate surface area is 159 Å². The van der Waals surface area contributed by atoms with Crippen molar-refractivity contribution in [2.24, 2.45) is 0 Å². The van der Waals surface area contributed by atoms with Gasteiger partial charge in [0.15, 0.2) is 0 Å². The van der Waals surface area contributed by atoms with Gasteiger partial charge in [0.1, 0.15) is 11.3 Å². The van der Waals surface area contributed by atoms with E-state index in [1.165, 1.54) is 6.07 Å². The van der Waals surface area contributed by atoms with Crippen molar-refractivity contribution >= 4 is 40.0 Å². The maximum absolute atomic E-state index is 12.7. The van der Waals surface area contributed by atoms with Gasteiger partial charge in [0.25, 0.3) is 11.8 Å². The average Bonchev–Trinajstić information content (AvgIpc) is 2.87. The zero-order valence-electron chi connectivity index (χ0n) is 14.7. The van der Waals surface area contributed by atoms with E-state index < -0.39 is 17.2 Å². The molecule has 2 N–H and O–H groups in total. The Bertz CT molecular complexity index is 1150. The number of amides is 2. The summed E-state index contributed by atoms with van der Waals surface area (Å²) in [5.41, 5.74) is 4.23. The highest BCUT2D eigenvalue weighted by molar-refractivity contribution is 6.31. The fraction of sp³-hybridized carbons (Fsp3) is 0.150. The SMILES string of the molecule is CC(C)c1ccc(NN2C(=O)c3[nH]c4cc(Cl)ccc4c(=O)c3C2=O)cc1. The molecule has 4 rings (SSSR count). The fourth-order valence-electron chi connectivity index (χ4n) is 3.12. The number of nitrogens with one attached hydrogen (secondary N) is 2. The molecule has 7 heteroatoms. The second kappa shape index (κ2) is 6.25. The van der Waals surface area contributed by atoms with Crippen molar-refractivity contribution in [3.63, 3.8) is 0 Å². The lowest BCUT2D eigenvalue weighted by atomic mass is 10.0. The molecule has 0 saturated carbocycles. The monoisotopic (exact) mass is 381 g/mol. The van der Waals surface area contributed by atoms with Crippen molar-refractivity contribution < 1.29 is 9.59 Å². The topological polar surface area (TPSA) is 82.3 Å². The van der Waals surface area contributed by atoms with Crippen LogP contribution in [0.3, 0.4) is 0 Å². The molecule has 0 bridgehead atoms. The number of hydrogen-bond donors (Lipinski definition) is 2. The van der Waals surface area contributed by atoms with Crippen molar-refractivity contribution in [2.45, 2.75) is 19.8 Å². The lowest BCUT2D eigenvalue weighted by molar-refractivity contribution is 0.0689. The first-order valence-electron chi connectivity index (χ1n) is 8.47. The molecule has 1 aliphatic rings. The summed E-state index contributed by atoms with van der Waals surface area (Å²) in [6.45, 7) is 4.16. The third-order valence-corrected chi connectivity index (χ3v) is 4.85. The summed E-state index contributed by atoms with van der Waals surface area (Å²) in [4.78, 5) is 41.0. The van der Waals surface area contributed by atoms with Crippen LogP contribution in [0.15, 0.2) is 47.3 Å². The molecule has 2 heterocycles. The van der Waals surface area contributed by atoms with Gasteiger partial charge in [0.05, 0.1) is 11.2 Å². The van der Waals surface area contributed by atoms with Crippen LogP contribution in [0, 0.1) is 0 Å². The minimum absolute atomic E-state index is 0.0360. The summed E-state index contributed by atoms with van der Waals surface area (Å²) in [5, 5.41) is 1.59. The number of fused-ring (bicyclic) bond motifs is 2. The van der Waals surface area contributed by atoms with E-state index in [2.05, 4.69) is 24.3 Å². The van der Waals surface area contributed by atoms with Gasteiger partial charge in [0.2, 0.25) is 5.43 Å². The number of rotatable bonds is 3. The number of pyridine rings is 1. The van der Waals surface area contributed by atoms with Crippen LogP contribution in [0.25, 0.3) is 10.9 Å². The largest absolute Gasteiger partial charge is 0.350 e. The average molecular weight is 382 g/mol. The Balaban J connectivity index is 1.73. The predicted octanol–water partition coefficient (Wildman–Crippen LogP) is 3.93. The zero-order valence-corrected chi connectivity index (χ0v) is 15.4. The number of nitrogens with zero attached hydrogens (tertiary/aromatic N) is 1. The lowest BCUT2D eigenvalue weighted by Crippen LogP contribution is -2.36. The minimum atomic E-state index is -0.680. The first-order chi connectivity index (χ1) is 12.9. The highest BCUT2D eigenvalue weighted by atomic mass is 35.5. The van der Waals surface area contributed by atoms with Crippen LogP contribution in [0.1, 0.15) is 46.2 Å². The number of hydrogen-bond acceptors (Lipinski definition) is 4. The summed E-state index contributed by atoms with van der Waals surface area (Å²) in [7, 11) is 0. The number of H-pyrrole nitrogens is 1. The van der Waals surface area contributed by atoms with E-state index in [-0.39, 0.29) is 11.3 Å². The van der Waals surface area contributed by atoms with E-state index in [0.29, 0.717) is 27.5 Å². The van der Waals surface area contributed by atoms with Crippen LogP contribution in [-0.4, -0.2) is 21.8 Å². The molecule has 1 aliphatic heterocycles. The van der Waals surface area contributed by atoms with Crippen molar-refractivity contribution in [2.75, 3.05) is 5.43 Å². The summed E-state index contributed by atoms with van der Waals surface area (Å²) >= 11 is 5.96. The molecular weight excluding hydrogens is 366 g/mol. The van der Waals surface area contributed by atoms with Crippen molar-refractivity contribution in [1.82, 2.24) is 9.99 Å². The molecule has 0 saturated heterocycles. The van der Waals surface area contributed by atoms with E-state index in [0.717, 1.165) is 10.6 Å². The summed E-state index contributed by atoms with van der Waals surface area (Å²) < 4.78 is 0. The number of anilines is 1. The van der Waals surface area contributed by atoms with Gasteiger partial charge in [-0.15, -0.1) is 0 Å². The molecular formula is C20H16ClN3O3. The number of benzene rings is 2. The molecule has 0 aliphatic carbocycles. The molecule has 6 nitrogen and oxygen atoms in total. The summed E-state index contributed by atoms with van der Waals surface area (Å²) in [5.74, 6) is -0.918. The number of carbonyl (C=O) groups excluding carboxylic acids is 2. The van der Waals surface area contributed by atoms with Crippen molar-refractivity contribution in [3.05, 3.63) is 74.5 Å². The van der Waals surface area contributed by atoms with Crippen molar-refractivity contribution in [3.8, 4) is 0 Å². The number of imide groups is 1. The van der Waals surface area contributed by atoms with Gasteiger partial charge in [-0.3, -0.25) is 19.8 Å². The summed E-state index contributed by atoms with van der Waals surface area (Å²) in [6, 6.07) is 12.1. The van der Waals surface area contributed by atoms with Gasteiger partial charge in [-0.25, -0.2) is 0 Å². The van der Waals surface area contributed by atoms with E-state index >= 15 is 0 Å². The van der Waals surface area contributed by atoms with Crippen LogP contribution < -0.4 is 10.9 Å². The van der Waals surface area contributed by atoms with Gasteiger partial charge < -0.3 is 4.98 Å². The number of halogens is 1. The molecule has 1 aromatic heterocycles. The van der Waals surface area contributed by atoms with Gasteiger partial charge in [0, 0.05) is 10.4 Å². The Morgan fingerprint density at radius 3 is 2.37 bits per heavy atom. The fourth-order valence-corrected chi connectivity index (χ4v) is 3.29. The molecule has 2 amide bonds. The Morgan fingerprint density at radius 2 is 1.70 bits per heavy atom. The second-order valence-electron chi connectivity index (χ2n) is 6.73. The van der Waals surface area contributed by atoms with Crippen LogP contribution in [0.4, 0.5) is 5.69 Å². The van der Waals surface area contributed by atoms with Gasteiger partial charge >= 0.3 is 0 Å². The van der Waals surface area contributed by atoms with Gasteiger partial charge in [-0.1, -0.05) is 37.6 Å². The first kappa shape index (κ1) is 17.3. The lowest BCUT2D eigenvalue weighted by Gasteiger charge is -2.16. The second-order valence-corrected chi connectivity index (χ2v) is 7.16. The molecule has 27 heavy (non-hydrogen) atoms. The first-order valence-corrected chi connectivity index (χ1v) is 8.85. The van der Waals surface area contributed by atoms with Crippen LogP contribution in [0.2, 0.25) is 5.02 Å². The van der Waals surface area contributed by atoms with Crippen LogP contribution in [-0.2, 0) is 0 Å². The van der Waals surface area contributed by atoms with Crippen LogP contribution >= 0.6 is 11.6 Å². The van der Waals surface area contributed by atoms with E-state index in [1.54, 1.807) is 24.3 Å². The number of aromatic amines is 1. The molecule has 3 aromatic rings. The normalized spacial score (nSPS) is 13.6. The Morgan fingerprint density at radius 1 is 1.00 bits per heavy atom. The zero-order chi connectivity index (χ0) is 19.3. The molecule has 0 unspecified atom stereocenters. The highest BCUT2D eigenvalue weighted by Crippen LogP contribution is 2.24. The third-order valence-electron chi connectivity index (χ3n) is 4.62. The smallest absolute Gasteiger partial charge is 0.297 e. The highest BCUT2D eigenvalue weighted by Gasteiger charge is 2.39. The van der Waals surface area contributed by atoms with Gasteiger partial charge in [-0.2, -0.15) is 5.01 Å². The molecule has 2 aromatic carbocycles. The maximum atomic E-state index is 12.7. The third kappa shape index (κ3) is 2.78. The standard InChI is InChI=1S/C20H16ClN3O3/c1-10(2)11-3-6-13(7-4-11)23-24-19(26)16-17(20(24)27)22-15-9-12(21)5-8-14(15)18(16)25/h3-10,23H,1-2H3,(H,22,25). The molecule has 136 valence electrons. The van der Waals surface area contributed by atoms with Crippen LogP contribution in [0.5, 0.6) is 0 Å². The summed E-state index contributed by atoms with van der Waals surface area (Å²) in [6.07, 6.45) is 0. The number of carbonyl (C=O) groups is 2. The Kier molecular flexibility index (Phi) is 4.00. The molecule has 0 spiro atoms. The minimum Gasteiger partial charge on any atom is -0.350 e.